The minimum absolute atomic E-state index is 0.221. The lowest BCUT2D eigenvalue weighted by Gasteiger charge is -2.23. The minimum Gasteiger partial charge on any atom is -0.402 e. The van der Waals surface area contributed by atoms with Crippen molar-refractivity contribution in [3.8, 4) is 6.07 Å². The summed E-state index contributed by atoms with van der Waals surface area (Å²) >= 11 is 0. The average Bonchev–Trinajstić information content (AvgIpc) is 1.80. The molecule has 0 aromatic rings. The van der Waals surface area contributed by atoms with E-state index in [1.165, 1.54) is 0 Å². The van der Waals surface area contributed by atoms with E-state index < -0.39 is 8.32 Å². The van der Waals surface area contributed by atoms with Gasteiger partial charge in [0.05, 0.1) is 6.07 Å². The van der Waals surface area contributed by atoms with E-state index in [9.17, 15) is 0 Å². The first-order valence-electron chi connectivity index (χ1n) is 3.94. The molecule has 64 valence electrons. The van der Waals surface area contributed by atoms with Gasteiger partial charge < -0.3 is 4.43 Å². The highest BCUT2D eigenvalue weighted by Crippen LogP contribution is 2.12. The number of nitriles is 1. The molecule has 0 saturated carbocycles. The molecule has 11 heavy (non-hydrogen) atoms. The topological polar surface area (TPSA) is 33.0 Å². The van der Waals surface area contributed by atoms with E-state index in [-0.39, 0.29) is 6.10 Å². The Labute approximate surface area is 70.3 Å². The Morgan fingerprint density at radius 3 is 1.82 bits per heavy atom. The van der Waals surface area contributed by atoms with Gasteiger partial charge in [0.15, 0.2) is 8.32 Å². The molecule has 0 amide bonds. The van der Waals surface area contributed by atoms with Crippen molar-refractivity contribution in [2.45, 2.75) is 39.6 Å². The first-order chi connectivity index (χ1) is 4.87. The van der Waals surface area contributed by atoms with Gasteiger partial charge in [0.25, 0.3) is 0 Å². The molecule has 0 N–H and O–H groups in total. The Hall–Kier alpha value is -0.333. The molecule has 0 fully saturated rings. The molecule has 0 aromatic heterocycles. The van der Waals surface area contributed by atoms with Gasteiger partial charge in [-0.25, -0.2) is 0 Å². The van der Waals surface area contributed by atoms with E-state index in [4.69, 9.17) is 9.69 Å². The Morgan fingerprint density at radius 2 is 1.73 bits per heavy atom. The zero-order valence-corrected chi connectivity index (χ0v) is 9.01. The number of hydrogen-bond acceptors (Lipinski definition) is 2. The van der Waals surface area contributed by atoms with Crippen molar-refractivity contribution in [1.29, 1.82) is 5.26 Å². The first kappa shape index (κ1) is 10.7. The van der Waals surface area contributed by atoms with Crippen LogP contribution in [-0.2, 0) is 4.43 Å². The van der Waals surface area contributed by atoms with Crippen molar-refractivity contribution in [3.63, 3.8) is 0 Å². The molecular formula is C8H17NOSi. The maximum Gasteiger partial charge on any atom is 0.185 e. The summed E-state index contributed by atoms with van der Waals surface area (Å²) in [5, 5.41) is 8.71. The molecule has 3 heteroatoms. The van der Waals surface area contributed by atoms with Gasteiger partial charge in [-0.15, -0.1) is 0 Å². The summed E-state index contributed by atoms with van der Waals surface area (Å²) in [6.45, 7) is 10.3. The molecule has 0 rings (SSSR count). The summed E-state index contributed by atoms with van der Waals surface area (Å²) in [6.07, 6.45) is -0.221. The summed E-state index contributed by atoms with van der Waals surface area (Å²) < 4.78 is 5.63. The van der Waals surface area contributed by atoms with Gasteiger partial charge >= 0.3 is 0 Å². The molecule has 0 aliphatic carbocycles. The van der Waals surface area contributed by atoms with Crippen LogP contribution in [0.3, 0.4) is 0 Å². The van der Waals surface area contributed by atoms with Gasteiger partial charge in [-0.3, -0.25) is 0 Å². The molecule has 0 aliphatic heterocycles. The van der Waals surface area contributed by atoms with E-state index in [0.29, 0.717) is 5.92 Å². The Balaban J connectivity index is 4.02. The van der Waals surface area contributed by atoms with Gasteiger partial charge in [-0.05, 0) is 25.6 Å². The molecule has 1 unspecified atom stereocenters. The van der Waals surface area contributed by atoms with Crippen LogP contribution < -0.4 is 0 Å². The maximum absolute atomic E-state index is 8.71. The monoisotopic (exact) mass is 171 g/mol. The third kappa shape index (κ3) is 4.99. The fourth-order valence-corrected chi connectivity index (χ4v) is 1.78. The van der Waals surface area contributed by atoms with Crippen molar-refractivity contribution < 1.29 is 4.43 Å². The minimum atomic E-state index is -1.53. The predicted octanol–water partition coefficient (Wildman–Crippen LogP) is 2.39. The fourth-order valence-electron chi connectivity index (χ4n) is 0.692. The predicted molar refractivity (Wildman–Crippen MR) is 48.7 cm³/mol. The Morgan fingerprint density at radius 1 is 1.27 bits per heavy atom. The zero-order chi connectivity index (χ0) is 9.07. The lowest BCUT2D eigenvalue weighted by atomic mass is 10.1. The van der Waals surface area contributed by atoms with Crippen molar-refractivity contribution in [2.75, 3.05) is 0 Å². The molecule has 0 aliphatic rings. The smallest absolute Gasteiger partial charge is 0.185 e. The van der Waals surface area contributed by atoms with E-state index in [1.807, 2.05) is 13.8 Å². The van der Waals surface area contributed by atoms with Crippen molar-refractivity contribution in [2.24, 2.45) is 5.92 Å². The van der Waals surface area contributed by atoms with Gasteiger partial charge in [0, 0.05) is 0 Å². The summed E-state index contributed by atoms with van der Waals surface area (Å²) in [4.78, 5) is 0. The Kier molecular flexibility index (Phi) is 3.77. The number of hydrogen-bond donors (Lipinski definition) is 0. The second kappa shape index (κ2) is 3.89. The zero-order valence-electron chi connectivity index (χ0n) is 8.01. The van der Waals surface area contributed by atoms with Crippen LogP contribution in [-0.4, -0.2) is 14.4 Å². The fraction of sp³-hybridized carbons (Fsp3) is 0.875. The molecule has 0 spiro atoms. The van der Waals surface area contributed by atoms with Gasteiger partial charge in [-0.2, -0.15) is 5.26 Å². The summed E-state index contributed by atoms with van der Waals surface area (Å²) in [5.41, 5.74) is 0. The highest BCUT2D eigenvalue weighted by molar-refractivity contribution is 6.69. The Bertz CT molecular complexity index is 154. The van der Waals surface area contributed by atoms with Crippen molar-refractivity contribution in [1.82, 2.24) is 0 Å². The lowest BCUT2D eigenvalue weighted by Crippen LogP contribution is -2.33. The molecule has 0 heterocycles. The average molecular weight is 171 g/mol. The number of rotatable bonds is 3. The van der Waals surface area contributed by atoms with Crippen LogP contribution in [0.1, 0.15) is 13.8 Å². The number of nitrogens with zero attached hydrogens (tertiary/aromatic N) is 1. The standard InChI is InChI=1S/C8H17NOSi/c1-7(2)8(6-9)10-11(3,4)5/h7-8H,1-5H3. The van der Waals surface area contributed by atoms with E-state index in [0.717, 1.165) is 0 Å². The van der Waals surface area contributed by atoms with Crippen molar-refractivity contribution >= 4 is 8.32 Å². The van der Waals surface area contributed by atoms with E-state index in [1.54, 1.807) is 0 Å². The van der Waals surface area contributed by atoms with Crippen LogP contribution in [0.15, 0.2) is 0 Å². The van der Waals surface area contributed by atoms with Gasteiger partial charge in [0.2, 0.25) is 0 Å². The van der Waals surface area contributed by atoms with Crippen LogP contribution in [0, 0.1) is 17.2 Å². The van der Waals surface area contributed by atoms with E-state index in [2.05, 4.69) is 25.7 Å². The van der Waals surface area contributed by atoms with E-state index >= 15 is 0 Å². The molecular weight excluding hydrogens is 154 g/mol. The van der Waals surface area contributed by atoms with Crippen LogP contribution in [0.25, 0.3) is 0 Å². The third-order valence-corrected chi connectivity index (χ3v) is 2.17. The SMILES string of the molecule is CC(C)C(C#N)O[Si](C)(C)C. The second-order valence-electron chi connectivity index (χ2n) is 4.02. The largest absolute Gasteiger partial charge is 0.402 e. The van der Waals surface area contributed by atoms with Crippen LogP contribution in [0.2, 0.25) is 19.6 Å². The quantitative estimate of drug-likeness (QED) is 0.611. The summed E-state index contributed by atoms with van der Waals surface area (Å²) in [5.74, 6) is 0.298. The molecule has 0 radical (unpaired) electrons. The summed E-state index contributed by atoms with van der Waals surface area (Å²) in [6, 6.07) is 2.17. The van der Waals surface area contributed by atoms with Crippen LogP contribution in [0.4, 0.5) is 0 Å². The summed E-state index contributed by atoms with van der Waals surface area (Å²) in [7, 11) is -1.53. The van der Waals surface area contributed by atoms with Crippen molar-refractivity contribution in [3.05, 3.63) is 0 Å². The van der Waals surface area contributed by atoms with Gasteiger partial charge in [-0.1, -0.05) is 13.8 Å². The van der Waals surface area contributed by atoms with Crippen LogP contribution in [0.5, 0.6) is 0 Å². The lowest BCUT2D eigenvalue weighted by molar-refractivity contribution is 0.197. The maximum atomic E-state index is 8.71. The highest BCUT2D eigenvalue weighted by Gasteiger charge is 2.22. The third-order valence-electron chi connectivity index (χ3n) is 1.21. The second-order valence-corrected chi connectivity index (χ2v) is 8.48. The first-order valence-corrected chi connectivity index (χ1v) is 7.35. The molecule has 0 saturated heterocycles. The molecule has 2 nitrogen and oxygen atoms in total. The highest BCUT2D eigenvalue weighted by atomic mass is 28.4. The van der Waals surface area contributed by atoms with Crippen LogP contribution >= 0.6 is 0 Å². The van der Waals surface area contributed by atoms with Gasteiger partial charge in [0.1, 0.15) is 6.10 Å². The normalized spacial score (nSPS) is 14.6. The molecule has 0 bridgehead atoms. The molecule has 1 atom stereocenters. The molecule has 0 aromatic carbocycles.